The van der Waals surface area contributed by atoms with Gasteiger partial charge in [-0.05, 0) is 32.5 Å². The maximum absolute atomic E-state index is 12.0. The van der Waals surface area contributed by atoms with Crippen LogP contribution in [0, 0.1) is 5.41 Å². The van der Waals surface area contributed by atoms with Crippen molar-refractivity contribution in [2.24, 2.45) is 16.9 Å². The Labute approximate surface area is 84.9 Å². The van der Waals surface area contributed by atoms with E-state index in [1.807, 2.05) is 6.92 Å². The molecule has 1 heterocycles. The topological polar surface area (TPSA) is 72.3 Å². The van der Waals surface area contributed by atoms with Crippen molar-refractivity contribution in [3.05, 3.63) is 12.8 Å². The van der Waals surface area contributed by atoms with Crippen molar-refractivity contribution in [2.75, 3.05) is 13.1 Å². The van der Waals surface area contributed by atoms with Crippen LogP contribution in [0.5, 0.6) is 0 Å². The number of hydrogen-bond donors (Lipinski definition) is 2. The quantitative estimate of drug-likeness (QED) is 0.668. The fraction of sp³-hybridized carbons (Fsp3) is 0.700. The molecule has 0 spiro atoms. The summed E-state index contributed by atoms with van der Waals surface area (Å²) in [6, 6.07) is -0.150. The standard InChI is InChI=1S/C10H19N3O/c1-3-13-7-5-10(4-6-11,8(2)12)9(13)14/h3,8H,1,4-7,11-12H2,2H3. The van der Waals surface area contributed by atoms with Crippen LogP contribution in [0.15, 0.2) is 12.8 Å². The van der Waals surface area contributed by atoms with Crippen molar-refractivity contribution in [3.63, 3.8) is 0 Å². The third kappa shape index (κ3) is 1.55. The van der Waals surface area contributed by atoms with Gasteiger partial charge in [0.05, 0.1) is 5.41 Å². The summed E-state index contributed by atoms with van der Waals surface area (Å²) >= 11 is 0. The van der Waals surface area contributed by atoms with E-state index in [2.05, 4.69) is 6.58 Å². The largest absolute Gasteiger partial charge is 0.330 e. The summed E-state index contributed by atoms with van der Waals surface area (Å²) in [7, 11) is 0. The second kappa shape index (κ2) is 4.11. The first-order valence-corrected chi connectivity index (χ1v) is 4.98. The molecule has 4 nitrogen and oxygen atoms in total. The lowest BCUT2D eigenvalue weighted by molar-refractivity contribution is -0.135. The van der Waals surface area contributed by atoms with Gasteiger partial charge in [-0.1, -0.05) is 6.58 Å². The van der Waals surface area contributed by atoms with Crippen LogP contribution in [-0.4, -0.2) is 29.9 Å². The van der Waals surface area contributed by atoms with Crippen LogP contribution in [0.3, 0.4) is 0 Å². The number of carbonyl (C=O) groups excluding carboxylic acids is 1. The van der Waals surface area contributed by atoms with Crippen LogP contribution < -0.4 is 11.5 Å². The van der Waals surface area contributed by atoms with Crippen LogP contribution in [0.25, 0.3) is 0 Å². The number of hydrogen-bond acceptors (Lipinski definition) is 3. The fourth-order valence-corrected chi connectivity index (χ4v) is 2.13. The van der Waals surface area contributed by atoms with E-state index in [-0.39, 0.29) is 11.9 Å². The van der Waals surface area contributed by atoms with Gasteiger partial charge in [0.15, 0.2) is 0 Å². The molecule has 0 radical (unpaired) electrons. The molecule has 4 heteroatoms. The lowest BCUT2D eigenvalue weighted by Crippen LogP contribution is -2.46. The van der Waals surface area contributed by atoms with E-state index < -0.39 is 5.41 Å². The molecule has 0 bridgehead atoms. The summed E-state index contributed by atoms with van der Waals surface area (Å²) in [5, 5.41) is 0. The fourth-order valence-electron chi connectivity index (χ4n) is 2.13. The Hall–Kier alpha value is -0.870. The van der Waals surface area contributed by atoms with Gasteiger partial charge in [0.2, 0.25) is 5.91 Å². The normalized spacial score (nSPS) is 29.4. The maximum Gasteiger partial charge on any atom is 0.234 e. The maximum atomic E-state index is 12.0. The highest BCUT2D eigenvalue weighted by Gasteiger charge is 2.47. The van der Waals surface area contributed by atoms with E-state index >= 15 is 0 Å². The average molecular weight is 197 g/mol. The van der Waals surface area contributed by atoms with Crippen molar-refractivity contribution >= 4 is 5.91 Å². The molecule has 1 rings (SSSR count). The van der Waals surface area contributed by atoms with Gasteiger partial charge in [0, 0.05) is 12.6 Å². The Kier molecular flexibility index (Phi) is 3.29. The van der Waals surface area contributed by atoms with Gasteiger partial charge >= 0.3 is 0 Å². The van der Waals surface area contributed by atoms with Gasteiger partial charge in [-0.15, -0.1) is 0 Å². The van der Waals surface area contributed by atoms with Gasteiger partial charge in [-0.25, -0.2) is 0 Å². The van der Waals surface area contributed by atoms with Crippen molar-refractivity contribution in [1.29, 1.82) is 0 Å². The number of nitrogens with zero attached hydrogens (tertiary/aromatic N) is 1. The summed E-state index contributed by atoms with van der Waals surface area (Å²) in [5.74, 6) is 0.0768. The predicted molar refractivity (Wildman–Crippen MR) is 56.3 cm³/mol. The molecule has 0 saturated carbocycles. The summed E-state index contributed by atoms with van der Waals surface area (Å²) in [5.41, 5.74) is 11.0. The number of rotatable bonds is 4. The van der Waals surface area contributed by atoms with Crippen molar-refractivity contribution in [1.82, 2.24) is 4.90 Å². The molecule has 1 aliphatic rings. The summed E-state index contributed by atoms with van der Waals surface area (Å²) in [4.78, 5) is 13.6. The second-order valence-electron chi connectivity index (χ2n) is 3.91. The molecular weight excluding hydrogens is 178 g/mol. The zero-order chi connectivity index (χ0) is 10.8. The monoisotopic (exact) mass is 197 g/mol. The number of likely N-dealkylation sites (tertiary alicyclic amines) is 1. The molecule has 0 aliphatic carbocycles. The Bertz CT molecular complexity index is 240. The lowest BCUT2D eigenvalue weighted by atomic mass is 9.77. The van der Waals surface area contributed by atoms with E-state index in [1.165, 1.54) is 0 Å². The van der Waals surface area contributed by atoms with E-state index in [0.717, 1.165) is 6.42 Å². The smallest absolute Gasteiger partial charge is 0.234 e. The minimum Gasteiger partial charge on any atom is -0.330 e. The first-order chi connectivity index (χ1) is 6.58. The molecule has 1 aliphatic heterocycles. The molecule has 0 aromatic heterocycles. The molecule has 1 amide bonds. The summed E-state index contributed by atoms with van der Waals surface area (Å²) in [6.07, 6.45) is 3.02. The third-order valence-corrected chi connectivity index (χ3v) is 3.17. The van der Waals surface area contributed by atoms with Crippen LogP contribution in [0.2, 0.25) is 0 Å². The Morgan fingerprint density at radius 3 is 2.79 bits per heavy atom. The van der Waals surface area contributed by atoms with Crippen molar-refractivity contribution in [3.8, 4) is 0 Å². The predicted octanol–water partition coefficient (Wildman–Crippen LogP) is 0.0446. The van der Waals surface area contributed by atoms with Crippen LogP contribution in [0.1, 0.15) is 19.8 Å². The number of nitrogens with two attached hydrogens (primary N) is 2. The Morgan fingerprint density at radius 1 is 1.79 bits per heavy atom. The van der Waals surface area contributed by atoms with Gasteiger partial charge in [0.1, 0.15) is 0 Å². The Morgan fingerprint density at radius 2 is 2.43 bits per heavy atom. The SMILES string of the molecule is C=CN1CCC(CCN)(C(C)N)C1=O. The molecule has 1 saturated heterocycles. The van der Waals surface area contributed by atoms with Crippen LogP contribution in [-0.2, 0) is 4.79 Å². The van der Waals surface area contributed by atoms with E-state index in [1.54, 1.807) is 11.1 Å². The van der Waals surface area contributed by atoms with E-state index in [9.17, 15) is 4.79 Å². The molecule has 0 aromatic rings. The summed E-state index contributed by atoms with van der Waals surface area (Å²) in [6.45, 7) is 6.70. The molecule has 0 aromatic carbocycles. The molecule has 4 N–H and O–H groups in total. The van der Waals surface area contributed by atoms with E-state index in [4.69, 9.17) is 11.5 Å². The third-order valence-electron chi connectivity index (χ3n) is 3.17. The first-order valence-electron chi connectivity index (χ1n) is 4.98. The zero-order valence-corrected chi connectivity index (χ0v) is 8.70. The highest BCUT2D eigenvalue weighted by Crippen LogP contribution is 2.37. The van der Waals surface area contributed by atoms with Gasteiger partial charge < -0.3 is 16.4 Å². The molecule has 1 fully saturated rings. The number of amides is 1. The molecule has 2 atom stereocenters. The van der Waals surface area contributed by atoms with Gasteiger partial charge in [-0.2, -0.15) is 0 Å². The Balaban J connectivity index is 2.90. The molecular formula is C10H19N3O. The molecule has 14 heavy (non-hydrogen) atoms. The lowest BCUT2D eigenvalue weighted by Gasteiger charge is -2.30. The molecule has 80 valence electrons. The van der Waals surface area contributed by atoms with Crippen LogP contribution >= 0.6 is 0 Å². The van der Waals surface area contributed by atoms with Gasteiger partial charge in [0.25, 0.3) is 0 Å². The first kappa shape index (κ1) is 11.2. The van der Waals surface area contributed by atoms with Gasteiger partial charge in [-0.3, -0.25) is 4.79 Å². The summed E-state index contributed by atoms with van der Waals surface area (Å²) < 4.78 is 0. The number of carbonyl (C=O) groups is 1. The molecule has 2 unspecified atom stereocenters. The van der Waals surface area contributed by atoms with E-state index in [0.29, 0.717) is 19.5 Å². The minimum atomic E-state index is -0.455. The highest BCUT2D eigenvalue weighted by molar-refractivity contribution is 5.86. The average Bonchev–Trinajstić information content (AvgIpc) is 2.46. The minimum absolute atomic E-state index is 0.0768. The second-order valence-corrected chi connectivity index (χ2v) is 3.91. The van der Waals surface area contributed by atoms with Crippen molar-refractivity contribution < 1.29 is 4.79 Å². The zero-order valence-electron chi connectivity index (χ0n) is 8.70. The van der Waals surface area contributed by atoms with Crippen molar-refractivity contribution in [2.45, 2.75) is 25.8 Å². The van der Waals surface area contributed by atoms with Crippen LogP contribution in [0.4, 0.5) is 0 Å². The highest BCUT2D eigenvalue weighted by atomic mass is 16.2.